The highest BCUT2D eigenvalue weighted by atomic mass is 19.3. The Morgan fingerprint density at radius 1 is 1.03 bits per heavy atom. The summed E-state index contributed by atoms with van der Waals surface area (Å²) in [7, 11) is 3.62. The molecule has 1 fully saturated rings. The van der Waals surface area contributed by atoms with Crippen molar-refractivity contribution in [3.63, 3.8) is 0 Å². The molecule has 0 aliphatic carbocycles. The molecular formula is C26H27F2N9O2. The molecule has 1 aromatic carbocycles. The first-order chi connectivity index (χ1) is 18.4. The quantitative estimate of drug-likeness (QED) is 0.361. The van der Waals surface area contributed by atoms with E-state index in [0.717, 1.165) is 32.8 Å². The first-order valence-corrected chi connectivity index (χ1v) is 12.4. The Morgan fingerprint density at radius 2 is 1.77 bits per heavy atom. The summed E-state index contributed by atoms with van der Waals surface area (Å²) in [6.07, 6.45) is -1.22. The zero-order valence-corrected chi connectivity index (χ0v) is 22.1. The van der Waals surface area contributed by atoms with Gasteiger partial charge in [0, 0.05) is 31.1 Å². The number of rotatable bonds is 5. The molecule has 6 rings (SSSR count). The highest BCUT2D eigenvalue weighted by Crippen LogP contribution is 2.37. The third-order valence-corrected chi connectivity index (χ3v) is 7.15. The van der Waals surface area contributed by atoms with E-state index in [0.29, 0.717) is 22.6 Å². The number of hydrogen-bond donors (Lipinski definition) is 1. The second kappa shape index (κ2) is 8.48. The molecule has 1 N–H and O–H groups in total. The molecule has 0 spiro atoms. The van der Waals surface area contributed by atoms with Crippen molar-refractivity contribution in [1.82, 2.24) is 34.2 Å². The second-order valence-corrected chi connectivity index (χ2v) is 10.1. The van der Waals surface area contributed by atoms with E-state index in [9.17, 15) is 18.7 Å². The minimum absolute atomic E-state index is 0.0174. The summed E-state index contributed by atoms with van der Waals surface area (Å²) in [5.74, 6) is -2.37. The van der Waals surface area contributed by atoms with Crippen LogP contribution < -0.4 is 9.80 Å². The molecule has 4 aromatic heterocycles. The molecule has 0 saturated carbocycles. The number of carbonyl (C=O) groups is 1. The van der Waals surface area contributed by atoms with Gasteiger partial charge in [0.15, 0.2) is 5.65 Å². The Hall–Kier alpha value is -4.55. The lowest BCUT2D eigenvalue weighted by Gasteiger charge is -2.39. The Kier molecular flexibility index (Phi) is 5.39. The van der Waals surface area contributed by atoms with E-state index in [-0.39, 0.29) is 18.2 Å². The van der Waals surface area contributed by atoms with E-state index in [1.54, 1.807) is 22.5 Å². The van der Waals surface area contributed by atoms with Crippen molar-refractivity contribution in [3.05, 3.63) is 53.1 Å². The average molecular weight is 536 g/mol. The van der Waals surface area contributed by atoms with Gasteiger partial charge in [-0.3, -0.25) is 14.3 Å². The van der Waals surface area contributed by atoms with Crippen LogP contribution >= 0.6 is 0 Å². The van der Waals surface area contributed by atoms with Gasteiger partial charge in [-0.15, -0.1) is 0 Å². The van der Waals surface area contributed by atoms with Gasteiger partial charge in [0.05, 0.1) is 47.9 Å². The van der Waals surface area contributed by atoms with Crippen molar-refractivity contribution >= 4 is 34.3 Å². The molecule has 5 aromatic rings. The molecule has 0 radical (unpaired) electrons. The fourth-order valence-corrected chi connectivity index (χ4v) is 5.28. The summed E-state index contributed by atoms with van der Waals surface area (Å²) in [6, 6.07) is 9.21. The summed E-state index contributed by atoms with van der Waals surface area (Å²) in [5, 5.41) is 24.7. The number of amides is 1. The molecule has 0 unspecified atom stereocenters. The first-order valence-electron chi connectivity index (χ1n) is 12.4. The lowest BCUT2D eigenvalue weighted by atomic mass is 10.0. The first kappa shape index (κ1) is 24.8. The number of halogens is 2. The van der Waals surface area contributed by atoms with Crippen molar-refractivity contribution in [2.45, 2.75) is 33.2 Å². The Bertz CT molecular complexity index is 1780. The van der Waals surface area contributed by atoms with Crippen LogP contribution in [0.5, 0.6) is 0 Å². The number of hydrogen-bond acceptors (Lipinski definition) is 6. The van der Waals surface area contributed by atoms with Crippen LogP contribution in [-0.4, -0.2) is 64.4 Å². The van der Waals surface area contributed by atoms with Crippen LogP contribution in [0.3, 0.4) is 0 Å². The molecule has 1 amide bonds. The van der Waals surface area contributed by atoms with Crippen LogP contribution in [0.15, 0.2) is 30.3 Å². The smallest absolute Gasteiger partial charge is 0.413 e. The SMILES string of the molecule is Cc1cc(CN(C(=O)O)c2cc(N3CC(F)(F)C3)nc3c(-c4ccc5c(c4)c(C)nn5C)c(C)nn23)n(C)n1. The fraction of sp³-hybridized carbons (Fsp3) is 0.346. The Morgan fingerprint density at radius 3 is 2.41 bits per heavy atom. The molecule has 1 aliphatic heterocycles. The zero-order valence-electron chi connectivity index (χ0n) is 22.1. The molecular weight excluding hydrogens is 508 g/mol. The van der Waals surface area contributed by atoms with Gasteiger partial charge in [0.25, 0.3) is 5.92 Å². The van der Waals surface area contributed by atoms with Crippen molar-refractivity contribution in [2.24, 2.45) is 14.1 Å². The fourth-order valence-electron chi connectivity index (χ4n) is 5.28. The monoisotopic (exact) mass is 535 g/mol. The van der Waals surface area contributed by atoms with Gasteiger partial charge in [0.1, 0.15) is 11.6 Å². The standard InChI is InChI=1S/C26H27F2N9O2/c1-14-8-18(33(4)30-14)11-36(25(38)39)22-10-21(35-12-26(27,28)13-35)29-24-23(16(3)32-37(22)24)17-6-7-20-19(9-17)15(2)31-34(20)5/h6-10H,11-13H2,1-5H3,(H,38,39). The van der Waals surface area contributed by atoms with Crippen molar-refractivity contribution < 1.29 is 18.7 Å². The number of aromatic nitrogens is 7. The average Bonchev–Trinajstić information content (AvgIpc) is 3.45. The largest absolute Gasteiger partial charge is 0.465 e. The van der Waals surface area contributed by atoms with Gasteiger partial charge < -0.3 is 10.0 Å². The highest BCUT2D eigenvalue weighted by molar-refractivity contribution is 5.92. The van der Waals surface area contributed by atoms with E-state index in [1.807, 2.05) is 46.0 Å². The minimum atomic E-state index is -2.82. The van der Waals surface area contributed by atoms with Crippen LogP contribution in [0.1, 0.15) is 22.8 Å². The van der Waals surface area contributed by atoms with Gasteiger partial charge in [0.2, 0.25) is 0 Å². The van der Waals surface area contributed by atoms with Crippen molar-refractivity contribution in [1.29, 1.82) is 0 Å². The minimum Gasteiger partial charge on any atom is -0.465 e. The van der Waals surface area contributed by atoms with Crippen molar-refractivity contribution in [2.75, 3.05) is 22.9 Å². The number of benzene rings is 1. The predicted molar refractivity (Wildman–Crippen MR) is 141 cm³/mol. The predicted octanol–water partition coefficient (Wildman–Crippen LogP) is 4.08. The number of carboxylic acid groups (broad SMARTS) is 1. The highest BCUT2D eigenvalue weighted by Gasteiger charge is 2.45. The molecule has 39 heavy (non-hydrogen) atoms. The van der Waals surface area contributed by atoms with Crippen LogP contribution in [0.25, 0.3) is 27.7 Å². The van der Waals surface area contributed by atoms with Crippen LogP contribution in [0.4, 0.5) is 25.2 Å². The maximum absolute atomic E-state index is 13.8. The van der Waals surface area contributed by atoms with Crippen molar-refractivity contribution in [3.8, 4) is 11.1 Å². The molecule has 0 bridgehead atoms. The van der Waals surface area contributed by atoms with Gasteiger partial charge >= 0.3 is 6.09 Å². The van der Waals surface area contributed by atoms with Crippen LogP contribution in [0, 0.1) is 20.8 Å². The summed E-state index contributed by atoms with van der Waals surface area (Å²) in [6.45, 7) is 4.57. The lowest BCUT2D eigenvalue weighted by Crippen LogP contribution is -2.56. The number of nitrogens with zero attached hydrogens (tertiary/aromatic N) is 9. The maximum Gasteiger partial charge on any atom is 0.413 e. The molecule has 11 nitrogen and oxygen atoms in total. The third kappa shape index (κ3) is 4.04. The van der Waals surface area contributed by atoms with Crippen LogP contribution in [-0.2, 0) is 20.6 Å². The van der Waals surface area contributed by atoms with Gasteiger partial charge in [-0.25, -0.2) is 18.6 Å². The van der Waals surface area contributed by atoms with E-state index in [4.69, 9.17) is 4.98 Å². The maximum atomic E-state index is 13.8. The number of anilines is 2. The molecule has 1 saturated heterocycles. The second-order valence-electron chi connectivity index (χ2n) is 10.1. The molecule has 1 aliphatic rings. The van der Waals surface area contributed by atoms with E-state index < -0.39 is 25.1 Å². The van der Waals surface area contributed by atoms with Gasteiger partial charge in [-0.05, 0) is 44.5 Å². The normalized spacial score (nSPS) is 14.8. The topological polar surface area (TPSA) is 110 Å². The van der Waals surface area contributed by atoms with E-state index in [2.05, 4.69) is 15.3 Å². The molecule has 5 heterocycles. The van der Waals surface area contributed by atoms with Gasteiger partial charge in [-0.2, -0.15) is 19.8 Å². The Balaban J connectivity index is 1.56. The summed E-state index contributed by atoms with van der Waals surface area (Å²) < 4.78 is 32.6. The Labute approximate surface area is 221 Å². The van der Waals surface area contributed by atoms with E-state index in [1.165, 1.54) is 15.5 Å². The number of alkyl halides is 2. The lowest BCUT2D eigenvalue weighted by molar-refractivity contribution is -0.0266. The molecule has 0 atom stereocenters. The summed E-state index contributed by atoms with van der Waals surface area (Å²) in [4.78, 5) is 19.9. The van der Waals surface area contributed by atoms with E-state index >= 15 is 0 Å². The molecule has 202 valence electrons. The van der Waals surface area contributed by atoms with Crippen LogP contribution in [0.2, 0.25) is 0 Å². The number of fused-ring (bicyclic) bond motifs is 2. The number of aryl methyl sites for hydroxylation is 5. The molecule has 13 heteroatoms. The van der Waals surface area contributed by atoms with Gasteiger partial charge in [-0.1, -0.05) is 6.07 Å². The zero-order chi connectivity index (χ0) is 27.8. The third-order valence-electron chi connectivity index (χ3n) is 7.15. The summed E-state index contributed by atoms with van der Waals surface area (Å²) in [5.41, 5.74) is 5.76. The summed E-state index contributed by atoms with van der Waals surface area (Å²) >= 11 is 0.